The van der Waals surface area contributed by atoms with Crippen molar-refractivity contribution in [3.8, 4) is 0 Å². The molecule has 1 saturated heterocycles. The van der Waals surface area contributed by atoms with Crippen molar-refractivity contribution in [2.45, 2.75) is 57.6 Å². The van der Waals surface area contributed by atoms with E-state index in [4.69, 9.17) is 0 Å². The molecule has 2 atom stereocenters. The van der Waals surface area contributed by atoms with E-state index in [2.05, 4.69) is 50.0 Å². The monoisotopic (exact) mass is 268 g/mol. The topological polar surface area (TPSA) is 36.4 Å². The van der Waals surface area contributed by atoms with Gasteiger partial charge in [0.25, 0.3) is 0 Å². The van der Waals surface area contributed by atoms with Crippen LogP contribution < -0.4 is 0 Å². The molecule has 1 fully saturated rings. The number of likely N-dealkylation sites (tertiary alicyclic amines) is 1. The van der Waals surface area contributed by atoms with E-state index in [0.29, 0.717) is 12.5 Å². The highest BCUT2D eigenvalue weighted by atomic mass is 32.1. The summed E-state index contributed by atoms with van der Waals surface area (Å²) >= 11 is 1.67. The van der Waals surface area contributed by atoms with E-state index in [1.807, 2.05) is 0 Å². The molecule has 3 nitrogen and oxygen atoms in total. The van der Waals surface area contributed by atoms with Gasteiger partial charge in [0.1, 0.15) is 0 Å². The van der Waals surface area contributed by atoms with Gasteiger partial charge in [0.2, 0.25) is 0 Å². The summed E-state index contributed by atoms with van der Waals surface area (Å²) in [6.07, 6.45) is 1.52. The Bertz CT molecular complexity index is 412. The van der Waals surface area contributed by atoms with Crippen LogP contribution in [0.15, 0.2) is 5.38 Å². The number of β-amino-alcohol motifs (C(OH)–C–C–N with tert-alkyl or cyclic N) is 1. The molecule has 1 aliphatic rings. The summed E-state index contributed by atoms with van der Waals surface area (Å²) in [6, 6.07) is 0.456. The molecule has 0 aliphatic carbocycles. The molecule has 2 heterocycles. The van der Waals surface area contributed by atoms with Crippen molar-refractivity contribution in [2.24, 2.45) is 0 Å². The van der Waals surface area contributed by atoms with Gasteiger partial charge in [-0.2, -0.15) is 0 Å². The summed E-state index contributed by atoms with van der Waals surface area (Å²) in [5.74, 6) is 0. The normalized spacial score (nSPS) is 30.0. The van der Waals surface area contributed by atoms with Crippen molar-refractivity contribution in [1.29, 1.82) is 0 Å². The van der Waals surface area contributed by atoms with Crippen molar-refractivity contribution in [3.63, 3.8) is 0 Å². The molecule has 1 N–H and O–H groups in total. The first-order valence-corrected chi connectivity index (χ1v) is 7.45. The van der Waals surface area contributed by atoms with Gasteiger partial charge in [-0.1, -0.05) is 20.8 Å². The molecular formula is C14H24N2OS. The molecule has 1 aliphatic heterocycles. The number of nitrogens with zero attached hydrogens (tertiary/aromatic N) is 2. The Kier molecular flexibility index (Phi) is 3.56. The van der Waals surface area contributed by atoms with Gasteiger partial charge in [0.05, 0.1) is 16.3 Å². The second kappa shape index (κ2) is 4.58. The average molecular weight is 268 g/mol. The lowest BCUT2D eigenvalue weighted by Crippen LogP contribution is -2.34. The quantitative estimate of drug-likeness (QED) is 0.895. The van der Waals surface area contributed by atoms with Gasteiger partial charge in [0, 0.05) is 29.8 Å². The van der Waals surface area contributed by atoms with Crippen LogP contribution in [-0.4, -0.2) is 40.2 Å². The van der Waals surface area contributed by atoms with Gasteiger partial charge in [-0.3, -0.25) is 0 Å². The zero-order chi connectivity index (χ0) is 13.6. The number of rotatable bonds is 2. The summed E-state index contributed by atoms with van der Waals surface area (Å²) in [5, 5.41) is 13.8. The van der Waals surface area contributed by atoms with E-state index in [0.717, 1.165) is 23.7 Å². The van der Waals surface area contributed by atoms with E-state index in [9.17, 15) is 5.11 Å². The maximum atomic E-state index is 10.6. The highest BCUT2D eigenvalue weighted by Gasteiger charge is 2.39. The van der Waals surface area contributed by atoms with E-state index in [1.165, 1.54) is 0 Å². The molecule has 1 aromatic heterocycles. The second-order valence-electron chi connectivity index (χ2n) is 6.75. The first kappa shape index (κ1) is 14.0. The standard InChI is InChI=1S/C14H24N2OS/c1-10-6-14(17,9-16(10)5)7-12-15-11(8-18-12)13(2,3)4/h8,10,17H,6-7,9H2,1-5H3. The number of likely N-dealkylation sites (N-methyl/N-ethyl adjacent to an activating group) is 1. The largest absolute Gasteiger partial charge is 0.388 e. The minimum absolute atomic E-state index is 0.0944. The molecule has 0 aromatic carbocycles. The van der Waals surface area contributed by atoms with Crippen LogP contribution in [-0.2, 0) is 11.8 Å². The smallest absolute Gasteiger partial charge is 0.0957 e. The minimum atomic E-state index is -0.596. The molecule has 102 valence electrons. The molecule has 0 radical (unpaired) electrons. The first-order chi connectivity index (χ1) is 8.20. The minimum Gasteiger partial charge on any atom is -0.388 e. The zero-order valence-corrected chi connectivity index (χ0v) is 12.8. The van der Waals surface area contributed by atoms with Crippen molar-refractivity contribution >= 4 is 11.3 Å². The Morgan fingerprint density at radius 2 is 2.22 bits per heavy atom. The van der Waals surface area contributed by atoms with Crippen LogP contribution in [0.3, 0.4) is 0 Å². The van der Waals surface area contributed by atoms with Gasteiger partial charge >= 0.3 is 0 Å². The van der Waals surface area contributed by atoms with Crippen LogP contribution in [0.25, 0.3) is 0 Å². The molecule has 0 spiro atoms. The fraction of sp³-hybridized carbons (Fsp3) is 0.786. The Hall–Kier alpha value is -0.450. The number of aliphatic hydroxyl groups is 1. The summed E-state index contributed by atoms with van der Waals surface area (Å²) in [4.78, 5) is 6.90. The second-order valence-corrected chi connectivity index (χ2v) is 7.69. The molecule has 0 amide bonds. The van der Waals surface area contributed by atoms with Crippen molar-refractivity contribution in [2.75, 3.05) is 13.6 Å². The van der Waals surface area contributed by atoms with Gasteiger partial charge in [-0.25, -0.2) is 4.98 Å². The predicted molar refractivity (Wildman–Crippen MR) is 76.2 cm³/mol. The summed E-state index contributed by atoms with van der Waals surface area (Å²) in [7, 11) is 2.07. The van der Waals surface area contributed by atoms with E-state index < -0.39 is 5.60 Å². The lowest BCUT2D eigenvalue weighted by Gasteiger charge is -2.21. The molecule has 2 unspecified atom stereocenters. The Morgan fingerprint density at radius 3 is 2.67 bits per heavy atom. The van der Waals surface area contributed by atoms with Crippen molar-refractivity contribution < 1.29 is 5.11 Å². The van der Waals surface area contributed by atoms with Crippen LogP contribution in [0.2, 0.25) is 0 Å². The molecular weight excluding hydrogens is 244 g/mol. The highest BCUT2D eigenvalue weighted by Crippen LogP contribution is 2.31. The van der Waals surface area contributed by atoms with Gasteiger partial charge in [0.15, 0.2) is 0 Å². The van der Waals surface area contributed by atoms with Crippen LogP contribution >= 0.6 is 11.3 Å². The molecule has 1 aromatic rings. The molecule has 2 rings (SSSR count). The summed E-state index contributed by atoms with van der Waals surface area (Å²) < 4.78 is 0. The SMILES string of the molecule is CC1CC(O)(Cc2nc(C(C)(C)C)cs2)CN1C. The zero-order valence-electron chi connectivity index (χ0n) is 12.0. The lowest BCUT2D eigenvalue weighted by atomic mass is 9.93. The van der Waals surface area contributed by atoms with Crippen molar-refractivity contribution in [1.82, 2.24) is 9.88 Å². The number of aromatic nitrogens is 1. The molecule has 4 heteroatoms. The van der Waals surface area contributed by atoms with E-state index in [1.54, 1.807) is 11.3 Å². The third-order valence-electron chi connectivity index (χ3n) is 3.77. The fourth-order valence-corrected chi connectivity index (χ4v) is 3.69. The lowest BCUT2D eigenvalue weighted by molar-refractivity contribution is 0.0519. The van der Waals surface area contributed by atoms with Crippen LogP contribution in [0.1, 0.15) is 44.8 Å². The third kappa shape index (κ3) is 2.92. The summed E-state index contributed by atoms with van der Waals surface area (Å²) in [5.41, 5.74) is 0.628. The number of hydrogen-bond donors (Lipinski definition) is 1. The van der Waals surface area contributed by atoms with Gasteiger partial charge in [-0.05, 0) is 20.4 Å². The number of hydrogen-bond acceptors (Lipinski definition) is 4. The Morgan fingerprint density at radius 1 is 1.56 bits per heavy atom. The Balaban J connectivity index is 2.08. The third-order valence-corrected chi connectivity index (χ3v) is 4.62. The predicted octanol–water partition coefficient (Wildman–Crippen LogP) is 2.44. The van der Waals surface area contributed by atoms with Crippen molar-refractivity contribution in [3.05, 3.63) is 16.1 Å². The Labute approximate surface area is 114 Å². The summed E-state index contributed by atoms with van der Waals surface area (Å²) in [6.45, 7) is 9.43. The first-order valence-electron chi connectivity index (χ1n) is 6.57. The average Bonchev–Trinajstić information content (AvgIpc) is 2.72. The van der Waals surface area contributed by atoms with Gasteiger partial charge < -0.3 is 10.0 Å². The molecule has 0 saturated carbocycles. The maximum absolute atomic E-state index is 10.6. The van der Waals surface area contributed by atoms with Crippen LogP contribution in [0.4, 0.5) is 0 Å². The number of thiazole rings is 1. The molecule has 0 bridgehead atoms. The maximum Gasteiger partial charge on any atom is 0.0957 e. The highest BCUT2D eigenvalue weighted by molar-refractivity contribution is 7.09. The van der Waals surface area contributed by atoms with Gasteiger partial charge in [-0.15, -0.1) is 11.3 Å². The molecule has 18 heavy (non-hydrogen) atoms. The van der Waals surface area contributed by atoms with E-state index >= 15 is 0 Å². The van der Waals surface area contributed by atoms with Crippen LogP contribution in [0.5, 0.6) is 0 Å². The van der Waals surface area contributed by atoms with Crippen LogP contribution in [0, 0.1) is 0 Å². The fourth-order valence-electron chi connectivity index (χ4n) is 2.54. The van der Waals surface area contributed by atoms with E-state index in [-0.39, 0.29) is 5.41 Å².